The van der Waals surface area contributed by atoms with E-state index in [1.54, 1.807) is 17.7 Å². The maximum absolute atomic E-state index is 10.9. The number of hydrogen-bond acceptors (Lipinski definition) is 3. The Kier molecular flexibility index (Phi) is 4.20. The van der Waals surface area contributed by atoms with Gasteiger partial charge in [0.15, 0.2) is 10.6 Å². The highest BCUT2D eigenvalue weighted by atomic mass is 35.5. The molecule has 0 radical (unpaired) electrons. The Morgan fingerprint density at radius 2 is 2.33 bits per heavy atom. The van der Waals surface area contributed by atoms with E-state index < -0.39 is 0 Å². The molecule has 5 heteroatoms. The minimum Gasteiger partial charge on any atom is -0.314 e. The molecule has 68 valence electrons. The van der Waals surface area contributed by atoms with Gasteiger partial charge in [-0.1, -0.05) is 0 Å². The summed E-state index contributed by atoms with van der Waals surface area (Å²) >= 11 is 1.33. The summed E-state index contributed by atoms with van der Waals surface area (Å²) < 4.78 is 1.66. The number of carbonyl (C=O) groups is 1. The molecule has 0 saturated heterocycles. The zero-order valence-electron chi connectivity index (χ0n) is 6.90. The van der Waals surface area contributed by atoms with Crippen LogP contribution in [0.4, 0.5) is 0 Å². The number of Topliss-reactive ketones (excluding diaryl/α,β-unsaturated/α-hetero) is 1. The Labute approximate surface area is 81.0 Å². The molecule has 0 saturated carbocycles. The number of aromatic nitrogens is 1. The predicted molar refractivity (Wildman–Crippen MR) is 50.8 cm³/mol. The van der Waals surface area contributed by atoms with Gasteiger partial charge in [0.05, 0.1) is 6.04 Å². The second-order valence-electron chi connectivity index (χ2n) is 2.40. The van der Waals surface area contributed by atoms with Crippen LogP contribution in [0.1, 0.15) is 19.9 Å². The van der Waals surface area contributed by atoms with Crippen molar-refractivity contribution in [3.8, 4) is 0 Å². The summed E-state index contributed by atoms with van der Waals surface area (Å²) in [7, 11) is 0. The Bertz CT molecular complexity index is 317. The molecule has 0 bridgehead atoms. The molecule has 0 fully saturated rings. The molecule has 12 heavy (non-hydrogen) atoms. The van der Waals surface area contributed by atoms with Crippen LogP contribution in [0.25, 0.3) is 0 Å². The van der Waals surface area contributed by atoms with Gasteiger partial charge in [0.2, 0.25) is 0 Å². The van der Waals surface area contributed by atoms with Gasteiger partial charge in [-0.3, -0.25) is 10.2 Å². The molecular weight excluding hydrogens is 196 g/mol. The van der Waals surface area contributed by atoms with Crippen molar-refractivity contribution in [2.24, 2.45) is 0 Å². The SMILES string of the molecule is CC(=O)C(C)n1ccsc1=N.Cl. The van der Waals surface area contributed by atoms with Gasteiger partial charge in [-0.05, 0) is 13.8 Å². The molecule has 3 nitrogen and oxygen atoms in total. The van der Waals surface area contributed by atoms with Crippen molar-refractivity contribution in [1.29, 1.82) is 5.41 Å². The average Bonchev–Trinajstić information content (AvgIpc) is 2.33. The highest BCUT2D eigenvalue weighted by Crippen LogP contribution is 2.03. The standard InChI is InChI=1S/C7H10N2OS.ClH/c1-5(6(2)10)9-3-4-11-7(9)8;/h3-5,8H,1-2H3;1H. The molecule has 0 spiro atoms. The third kappa shape index (κ3) is 2.19. The first-order valence-electron chi connectivity index (χ1n) is 3.33. The van der Waals surface area contributed by atoms with Crippen molar-refractivity contribution in [3.63, 3.8) is 0 Å². The highest BCUT2D eigenvalue weighted by molar-refractivity contribution is 7.06. The Morgan fingerprint density at radius 3 is 2.67 bits per heavy atom. The molecule has 1 unspecified atom stereocenters. The fourth-order valence-electron chi connectivity index (χ4n) is 0.790. The number of carbonyl (C=O) groups excluding carboxylic acids is 1. The summed E-state index contributed by atoms with van der Waals surface area (Å²) in [4.78, 5) is 11.3. The van der Waals surface area contributed by atoms with E-state index >= 15 is 0 Å². The predicted octanol–water partition coefficient (Wildman–Crippen LogP) is 1.60. The van der Waals surface area contributed by atoms with E-state index in [4.69, 9.17) is 5.41 Å². The number of rotatable bonds is 2. The first-order chi connectivity index (χ1) is 5.13. The van der Waals surface area contributed by atoms with Crippen LogP contribution >= 0.6 is 23.7 Å². The van der Waals surface area contributed by atoms with E-state index in [9.17, 15) is 4.79 Å². The number of nitrogens with one attached hydrogen (secondary N) is 1. The zero-order chi connectivity index (χ0) is 8.43. The lowest BCUT2D eigenvalue weighted by atomic mass is 10.2. The fourth-order valence-corrected chi connectivity index (χ4v) is 1.45. The lowest BCUT2D eigenvalue weighted by Gasteiger charge is -2.07. The van der Waals surface area contributed by atoms with Crippen molar-refractivity contribution in [2.75, 3.05) is 0 Å². The minimum absolute atomic E-state index is 0. The molecule has 0 aliphatic rings. The van der Waals surface area contributed by atoms with Crippen molar-refractivity contribution < 1.29 is 4.79 Å². The minimum atomic E-state index is -0.200. The van der Waals surface area contributed by atoms with Crippen LogP contribution in [0, 0.1) is 5.41 Å². The molecule has 1 N–H and O–H groups in total. The summed E-state index contributed by atoms with van der Waals surface area (Å²) in [6.45, 7) is 3.34. The van der Waals surface area contributed by atoms with Gasteiger partial charge < -0.3 is 4.57 Å². The number of ketones is 1. The fraction of sp³-hybridized carbons (Fsp3) is 0.429. The quantitative estimate of drug-likeness (QED) is 0.785. The molecular formula is C7H11ClN2OS. The first-order valence-corrected chi connectivity index (χ1v) is 4.21. The zero-order valence-corrected chi connectivity index (χ0v) is 8.54. The van der Waals surface area contributed by atoms with Crippen molar-refractivity contribution in [1.82, 2.24) is 4.57 Å². The van der Waals surface area contributed by atoms with Gasteiger partial charge in [0, 0.05) is 11.6 Å². The van der Waals surface area contributed by atoms with Crippen molar-refractivity contribution >= 4 is 29.5 Å². The smallest absolute Gasteiger partial charge is 0.182 e. The topological polar surface area (TPSA) is 45.9 Å². The molecule has 0 aromatic carbocycles. The monoisotopic (exact) mass is 206 g/mol. The Hall–Kier alpha value is -0.610. The summed E-state index contributed by atoms with van der Waals surface area (Å²) in [5.74, 6) is 0.0851. The molecule has 1 aromatic rings. The Morgan fingerprint density at radius 1 is 1.75 bits per heavy atom. The number of halogens is 1. The molecule has 1 atom stereocenters. The van der Waals surface area contributed by atoms with Gasteiger partial charge in [0.25, 0.3) is 0 Å². The van der Waals surface area contributed by atoms with Crippen molar-refractivity contribution in [2.45, 2.75) is 19.9 Å². The lowest BCUT2D eigenvalue weighted by molar-refractivity contribution is -0.119. The van der Waals surface area contributed by atoms with Crippen LogP contribution in [0.2, 0.25) is 0 Å². The summed E-state index contributed by atoms with van der Waals surface area (Å²) in [6, 6.07) is -0.200. The summed E-state index contributed by atoms with van der Waals surface area (Å²) in [5.41, 5.74) is 0. The van der Waals surface area contributed by atoms with Gasteiger partial charge in [-0.15, -0.1) is 23.7 Å². The van der Waals surface area contributed by atoms with Gasteiger partial charge in [0.1, 0.15) is 0 Å². The summed E-state index contributed by atoms with van der Waals surface area (Å²) in [5, 5.41) is 9.21. The van der Waals surface area contributed by atoms with Crippen LogP contribution in [-0.2, 0) is 4.79 Å². The van der Waals surface area contributed by atoms with Crippen LogP contribution in [0.5, 0.6) is 0 Å². The van der Waals surface area contributed by atoms with E-state index in [0.29, 0.717) is 4.80 Å². The van der Waals surface area contributed by atoms with Gasteiger partial charge in [-0.25, -0.2) is 0 Å². The third-order valence-electron chi connectivity index (χ3n) is 1.64. The molecule has 1 rings (SSSR count). The van der Waals surface area contributed by atoms with Gasteiger partial charge >= 0.3 is 0 Å². The Balaban J connectivity index is 0.00000121. The van der Waals surface area contributed by atoms with E-state index in [-0.39, 0.29) is 24.2 Å². The van der Waals surface area contributed by atoms with Crippen LogP contribution < -0.4 is 4.80 Å². The maximum Gasteiger partial charge on any atom is 0.182 e. The second kappa shape index (κ2) is 4.42. The number of thiazole rings is 1. The number of nitrogens with zero attached hydrogens (tertiary/aromatic N) is 1. The largest absolute Gasteiger partial charge is 0.314 e. The average molecular weight is 207 g/mol. The molecule has 0 aliphatic heterocycles. The normalized spacial score (nSPS) is 11.8. The highest BCUT2D eigenvalue weighted by Gasteiger charge is 2.09. The molecule has 0 aliphatic carbocycles. The second-order valence-corrected chi connectivity index (χ2v) is 3.30. The third-order valence-corrected chi connectivity index (χ3v) is 2.33. The van der Waals surface area contributed by atoms with E-state index in [1.165, 1.54) is 18.3 Å². The van der Waals surface area contributed by atoms with Crippen molar-refractivity contribution in [3.05, 3.63) is 16.4 Å². The molecule has 0 amide bonds. The summed E-state index contributed by atoms with van der Waals surface area (Å²) in [6.07, 6.45) is 1.76. The molecule has 1 aromatic heterocycles. The number of hydrogen-bond donors (Lipinski definition) is 1. The maximum atomic E-state index is 10.9. The van der Waals surface area contributed by atoms with Crippen LogP contribution in [0.15, 0.2) is 11.6 Å². The van der Waals surface area contributed by atoms with Crippen LogP contribution in [0.3, 0.4) is 0 Å². The first kappa shape index (κ1) is 11.4. The van der Waals surface area contributed by atoms with Crippen LogP contribution in [-0.4, -0.2) is 10.4 Å². The lowest BCUT2D eigenvalue weighted by Crippen LogP contribution is -2.21. The van der Waals surface area contributed by atoms with E-state index in [0.717, 1.165) is 0 Å². The van der Waals surface area contributed by atoms with E-state index in [2.05, 4.69) is 0 Å². The van der Waals surface area contributed by atoms with E-state index in [1.807, 2.05) is 5.38 Å². The molecule has 1 heterocycles. The van der Waals surface area contributed by atoms with Gasteiger partial charge in [-0.2, -0.15) is 0 Å².